The zero-order chi connectivity index (χ0) is 30.7. The highest BCUT2D eigenvalue weighted by Crippen LogP contribution is 2.19. The highest BCUT2D eigenvalue weighted by molar-refractivity contribution is 5.95. The Kier molecular flexibility index (Phi) is 12.5. The van der Waals surface area contributed by atoms with Gasteiger partial charge in [-0.05, 0) is 37.3 Å². The number of nitrogens with two attached hydrogens (primary N) is 3. The predicted molar refractivity (Wildman–Crippen MR) is 154 cm³/mol. The van der Waals surface area contributed by atoms with Crippen LogP contribution in [0, 0.1) is 5.92 Å². The van der Waals surface area contributed by atoms with E-state index in [0.29, 0.717) is 12.8 Å². The lowest BCUT2D eigenvalue weighted by Gasteiger charge is -2.27. The topological polar surface area (TPSA) is 251 Å². The number of carbonyl (C=O) groups is 4. The van der Waals surface area contributed by atoms with Gasteiger partial charge in [-0.25, -0.2) is 4.79 Å². The summed E-state index contributed by atoms with van der Waals surface area (Å²) < 4.78 is 0. The van der Waals surface area contributed by atoms with Crippen LogP contribution in [0.5, 0.6) is 0 Å². The number of aliphatic carboxylic acids is 1. The van der Waals surface area contributed by atoms with E-state index in [4.69, 9.17) is 17.2 Å². The van der Waals surface area contributed by atoms with Gasteiger partial charge in [0.25, 0.3) is 0 Å². The van der Waals surface area contributed by atoms with Gasteiger partial charge in [0.05, 0.1) is 12.1 Å². The molecule has 0 saturated heterocycles. The second kappa shape index (κ2) is 15.6. The average Bonchev–Trinajstić information content (AvgIpc) is 3.33. The van der Waals surface area contributed by atoms with Crippen LogP contribution in [0.2, 0.25) is 0 Å². The average molecular weight is 575 g/mol. The minimum absolute atomic E-state index is 0.0427. The van der Waals surface area contributed by atoms with Gasteiger partial charge in [-0.2, -0.15) is 0 Å². The van der Waals surface area contributed by atoms with Crippen molar-refractivity contribution >= 4 is 40.6 Å². The SMILES string of the molecule is CCC(C)C(NC(=O)C(NC(=O)C(Cc1c[nH]c2ccccc12)NC(=O)C(N)CCCN=C(N)N)C(C)O)C(=O)O. The number of fused-ring (bicyclic) bond motifs is 1. The standard InChI is InChI=1S/C27H42N8O6/c1-4-14(2)21(26(40)41)34-25(39)22(15(3)36)35-24(38)20(12-16-13-32-19-10-6-5-8-17(16)19)33-23(37)18(28)9-7-11-31-27(29)30/h5-6,8,10,13-15,18,20-22,32,36H,4,7,9,11-12,28H2,1-3H3,(H,33,37)(H,34,39)(H,35,38)(H,40,41)(H4,29,30,31). The highest BCUT2D eigenvalue weighted by atomic mass is 16.4. The number of carboxylic acid groups (broad SMARTS) is 1. The normalized spacial score (nSPS) is 15.5. The molecule has 0 bridgehead atoms. The van der Waals surface area contributed by atoms with Crippen LogP contribution in [-0.2, 0) is 25.6 Å². The Bertz CT molecular complexity index is 1230. The number of guanidine groups is 1. The lowest BCUT2D eigenvalue weighted by atomic mass is 9.98. The van der Waals surface area contributed by atoms with Crippen molar-refractivity contribution in [2.24, 2.45) is 28.1 Å². The third-order valence-electron chi connectivity index (χ3n) is 6.88. The Balaban J connectivity index is 2.25. The number of amides is 3. The first kappa shape index (κ1) is 33.0. The van der Waals surface area contributed by atoms with Crippen LogP contribution in [0.25, 0.3) is 10.9 Å². The van der Waals surface area contributed by atoms with Crippen LogP contribution in [-0.4, -0.2) is 81.7 Å². The third kappa shape index (κ3) is 9.76. The summed E-state index contributed by atoms with van der Waals surface area (Å²) in [5.41, 5.74) is 18.2. The van der Waals surface area contributed by atoms with Crippen molar-refractivity contribution in [3.05, 3.63) is 36.0 Å². The summed E-state index contributed by atoms with van der Waals surface area (Å²) in [7, 11) is 0. The molecule has 1 heterocycles. The first-order valence-corrected chi connectivity index (χ1v) is 13.5. The van der Waals surface area contributed by atoms with Crippen molar-refractivity contribution in [1.82, 2.24) is 20.9 Å². The van der Waals surface area contributed by atoms with E-state index < -0.39 is 59.9 Å². The summed E-state index contributed by atoms with van der Waals surface area (Å²) in [6.07, 6.45) is 1.54. The zero-order valence-corrected chi connectivity index (χ0v) is 23.6. The number of aliphatic imine (C=N–C) groups is 1. The smallest absolute Gasteiger partial charge is 0.326 e. The van der Waals surface area contributed by atoms with E-state index in [1.165, 1.54) is 6.92 Å². The van der Waals surface area contributed by atoms with E-state index in [1.54, 1.807) is 20.0 Å². The first-order chi connectivity index (χ1) is 19.3. The van der Waals surface area contributed by atoms with Crippen molar-refractivity contribution in [3.63, 3.8) is 0 Å². The molecule has 2 aromatic rings. The molecule has 0 aliphatic heterocycles. The molecule has 3 amide bonds. The first-order valence-electron chi connectivity index (χ1n) is 13.5. The van der Waals surface area contributed by atoms with Gasteiger partial charge < -0.3 is 48.3 Å². The summed E-state index contributed by atoms with van der Waals surface area (Å²) in [5.74, 6) is -3.93. The Morgan fingerprint density at radius 2 is 1.66 bits per heavy atom. The lowest BCUT2D eigenvalue weighted by Crippen LogP contribution is -2.60. The molecule has 14 heteroatoms. The molecule has 1 aromatic heterocycles. The maximum Gasteiger partial charge on any atom is 0.326 e. The Morgan fingerprint density at radius 1 is 1.00 bits per heavy atom. The van der Waals surface area contributed by atoms with Gasteiger partial charge in [0, 0.05) is 30.1 Å². The van der Waals surface area contributed by atoms with E-state index in [0.717, 1.165) is 16.5 Å². The zero-order valence-electron chi connectivity index (χ0n) is 23.6. The van der Waals surface area contributed by atoms with Crippen molar-refractivity contribution in [3.8, 4) is 0 Å². The van der Waals surface area contributed by atoms with Crippen LogP contribution >= 0.6 is 0 Å². The maximum atomic E-state index is 13.5. The molecule has 226 valence electrons. The lowest BCUT2D eigenvalue weighted by molar-refractivity contribution is -0.144. The van der Waals surface area contributed by atoms with Gasteiger partial charge in [0.1, 0.15) is 18.1 Å². The second-order valence-electron chi connectivity index (χ2n) is 10.1. The number of H-pyrrole nitrogens is 1. The fourth-order valence-electron chi connectivity index (χ4n) is 4.24. The van der Waals surface area contributed by atoms with Crippen molar-refractivity contribution in [2.45, 2.75) is 76.7 Å². The number of hydrogen-bond acceptors (Lipinski definition) is 7. The van der Waals surface area contributed by atoms with E-state index in [1.807, 2.05) is 24.3 Å². The van der Waals surface area contributed by atoms with Crippen molar-refractivity contribution in [2.75, 3.05) is 6.54 Å². The predicted octanol–water partition coefficient (Wildman–Crippen LogP) is -0.943. The number of aromatic nitrogens is 1. The molecule has 2 rings (SSSR count). The van der Waals surface area contributed by atoms with E-state index in [2.05, 4.69) is 25.9 Å². The van der Waals surface area contributed by atoms with Crippen LogP contribution in [0.3, 0.4) is 0 Å². The van der Waals surface area contributed by atoms with Gasteiger partial charge in [0.15, 0.2) is 5.96 Å². The fraction of sp³-hybridized carbons (Fsp3) is 0.519. The van der Waals surface area contributed by atoms with Gasteiger partial charge >= 0.3 is 5.97 Å². The number of carbonyl (C=O) groups excluding carboxylic acids is 3. The number of hydrogen-bond donors (Lipinski definition) is 9. The third-order valence-corrected chi connectivity index (χ3v) is 6.88. The molecule has 12 N–H and O–H groups in total. The Hall–Kier alpha value is -4.17. The van der Waals surface area contributed by atoms with Gasteiger partial charge in [0.2, 0.25) is 17.7 Å². The van der Waals surface area contributed by atoms with E-state index >= 15 is 0 Å². The van der Waals surface area contributed by atoms with E-state index in [-0.39, 0.29) is 25.3 Å². The molecule has 0 radical (unpaired) electrons. The highest BCUT2D eigenvalue weighted by Gasteiger charge is 2.34. The molecule has 14 nitrogen and oxygen atoms in total. The molecule has 0 spiro atoms. The van der Waals surface area contributed by atoms with Crippen molar-refractivity contribution < 1.29 is 29.4 Å². The molecule has 6 unspecified atom stereocenters. The quantitative estimate of drug-likeness (QED) is 0.0680. The number of aliphatic hydroxyl groups excluding tert-OH is 1. The number of para-hydroxylation sites is 1. The summed E-state index contributed by atoms with van der Waals surface area (Å²) >= 11 is 0. The second-order valence-corrected chi connectivity index (χ2v) is 10.1. The molecule has 41 heavy (non-hydrogen) atoms. The monoisotopic (exact) mass is 574 g/mol. The van der Waals surface area contributed by atoms with Crippen molar-refractivity contribution in [1.29, 1.82) is 0 Å². The largest absolute Gasteiger partial charge is 0.480 e. The molecular weight excluding hydrogens is 532 g/mol. The van der Waals surface area contributed by atoms with E-state index in [9.17, 15) is 29.4 Å². The maximum absolute atomic E-state index is 13.5. The summed E-state index contributed by atoms with van der Waals surface area (Å²) in [4.78, 5) is 58.1. The molecule has 0 aliphatic carbocycles. The van der Waals surface area contributed by atoms with Crippen LogP contribution in [0.4, 0.5) is 0 Å². The minimum atomic E-state index is -1.48. The molecular formula is C27H42N8O6. The van der Waals surface area contributed by atoms with Gasteiger partial charge in [-0.3, -0.25) is 19.4 Å². The number of benzene rings is 1. The number of nitrogens with zero attached hydrogens (tertiary/aromatic N) is 1. The molecule has 6 atom stereocenters. The number of nitrogens with one attached hydrogen (secondary N) is 4. The molecule has 0 fully saturated rings. The number of rotatable bonds is 16. The number of carboxylic acids is 1. The van der Waals surface area contributed by atoms with Gasteiger partial charge in [-0.15, -0.1) is 0 Å². The van der Waals surface area contributed by atoms with Crippen LogP contribution in [0.1, 0.15) is 45.6 Å². The molecule has 1 aromatic carbocycles. The summed E-state index contributed by atoms with van der Waals surface area (Å²) in [5, 5.41) is 28.3. The summed E-state index contributed by atoms with van der Waals surface area (Å²) in [6.45, 7) is 5.03. The molecule has 0 saturated carbocycles. The fourth-order valence-corrected chi connectivity index (χ4v) is 4.24. The molecule has 0 aliphatic rings. The summed E-state index contributed by atoms with van der Waals surface area (Å²) in [6, 6.07) is 2.57. The van der Waals surface area contributed by atoms with Gasteiger partial charge in [-0.1, -0.05) is 38.5 Å². The number of aromatic amines is 1. The minimum Gasteiger partial charge on any atom is -0.480 e. The Morgan fingerprint density at radius 3 is 2.27 bits per heavy atom. The Labute approximate surface area is 238 Å². The van der Waals surface area contributed by atoms with Crippen LogP contribution in [0.15, 0.2) is 35.5 Å². The number of aliphatic hydroxyl groups is 1. The van der Waals surface area contributed by atoms with Crippen LogP contribution < -0.4 is 33.2 Å².